The van der Waals surface area contributed by atoms with Gasteiger partial charge in [0.05, 0.1) is 25.7 Å². The Kier molecular flexibility index (Phi) is 23.9. The summed E-state index contributed by atoms with van der Waals surface area (Å²) in [5.41, 5.74) is 18.9. The average molecular weight is 1010 g/mol. The summed E-state index contributed by atoms with van der Waals surface area (Å²) in [6.07, 6.45) is 5.51. The van der Waals surface area contributed by atoms with E-state index in [9.17, 15) is 19.2 Å². The van der Waals surface area contributed by atoms with Crippen LogP contribution in [0.2, 0.25) is 0 Å². The van der Waals surface area contributed by atoms with Gasteiger partial charge in [0.15, 0.2) is 12.4 Å². The lowest BCUT2D eigenvalue weighted by molar-refractivity contribution is -0.459. The first-order chi connectivity index (χ1) is 33.6. The van der Waals surface area contributed by atoms with E-state index in [-0.39, 0.29) is 69.0 Å². The van der Waals surface area contributed by atoms with Crippen LogP contribution in [0.25, 0.3) is 32.7 Å². The molecule has 0 aliphatic heterocycles. The lowest BCUT2D eigenvalue weighted by Crippen LogP contribution is -3.00. The molecule has 0 aromatic heterocycles. The summed E-state index contributed by atoms with van der Waals surface area (Å²) < 4.78 is 18.6. The molecule has 13 nitrogen and oxygen atoms in total. The second-order valence-corrected chi connectivity index (χ2v) is 17.1. The fourth-order valence-corrected chi connectivity index (χ4v) is 8.37. The minimum absolute atomic E-state index is 0. The number of guanidine groups is 1. The number of amides is 2. The number of nitrogens with two attached hydrogens (primary N) is 2. The largest absolute Gasteiger partial charge is 1.00 e. The number of carbonyl (C=O) groups is 4. The van der Waals surface area contributed by atoms with Crippen molar-refractivity contribution in [3.8, 4) is 22.6 Å². The number of hydrogen-bond donors (Lipinski definition) is 6. The fourth-order valence-electron chi connectivity index (χ4n) is 8.37. The number of halogens is 2. The zero-order valence-electron chi connectivity index (χ0n) is 40.1. The van der Waals surface area contributed by atoms with Crippen LogP contribution in [-0.4, -0.2) is 67.9 Å². The van der Waals surface area contributed by atoms with E-state index in [1.807, 2.05) is 103 Å². The standard InChI is InChI=1S/C56H64N6O7.2ClH/c1-2-17-47(55(66)69-37-40-20-7-4-8-21-40)62-54(65)43(25-15-34-60-56(58)59)36-48(63)46(28-13-14-33-57)61-51(64)38-68-50-32-30-42-24-10-12-27-45(42)53(50)52-44-26-11-9-23-41(44)29-31-49(52)67-35-16-22-39-18-5-3-6-19-39;;/h2-12,18-21,23-24,26-27,29-32,43,46-47H,1,13-17,22,25,28,33-38,57H2,(H,61,64)(H,62,65)(H4,58,59,60);2*1H/t43-,46+,47-;;/m0../s1. The van der Waals surface area contributed by atoms with Crippen LogP contribution in [0.4, 0.5) is 0 Å². The molecule has 0 saturated carbocycles. The van der Waals surface area contributed by atoms with Crippen LogP contribution in [-0.2, 0) is 36.9 Å². The number of carbonyl (C=O) groups excluding carboxylic acids is 4. The molecule has 0 aliphatic carbocycles. The minimum Gasteiger partial charge on any atom is -1.00 e. The molecule has 71 heavy (non-hydrogen) atoms. The third-order valence-corrected chi connectivity index (χ3v) is 11.9. The van der Waals surface area contributed by atoms with Crippen molar-refractivity contribution < 1.29 is 68.9 Å². The van der Waals surface area contributed by atoms with Crippen molar-refractivity contribution in [1.82, 2.24) is 10.6 Å². The van der Waals surface area contributed by atoms with Gasteiger partial charge in [0.25, 0.3) is 5.91 Å². The zero-order valence-corrected chi connectivity index (χ0v) is 41.6. The maximum absolute atomic E-state index is 14.3. The third kappa shape index (κ3) is 17.2. The Labute approximate surface area is 428 Å². The quantitative estimate of drug-likeness (QED) is 0.0123. The summed E-state index contributed by atoms with van der Waals surface area (Å²) >= 11 is 0. The Balaban J connectivity index is 0.00000548. The molecule has 0 aliphatic rings. The van der Waals surface area contributed by atoms with Gasteiger partial charge in [-0.25, -0.2) is 4.79 Å². The molecule has 376 valence electrons. The molecule has 0 radical (unpaired) electrons. The highest BCUT2D eigenvalue weighted by molar-refractivity contribution is 6.10. The van der Waals surface area contributed by atoms with Crippen molar-refractivity contribution in [2.75, 3.05) is 26.3 Å². The SMILES string of the molecule is C=CC[C@H](NC(=O)[C@@H](CCC[NH+]=C(N)N)CC(=O)[C@@H](CCCC[NH3+])NC(=O)COc1ccc2ccccc2c1-c1c(OCCCc2ccccc2)ccc2ccccc12)C(=O)OCc1ccccc1.[Cl-].[Cl-]. The van der Waals surface area contributed by atoms with E-state index in [0.717, 1.165) is 57.5 Å². The predicted octanol–water partition coefficient (Wildman–Crippen LogP) is -0.531. The molecule has 0 bridgehead atoms. The Hall–Kier alpha value is -6.93. The molecule has 0 spiro atoms. The molecule has 0 saturated heterocycles. The van der Waals surface area contributed by atoms with E-state index in [2.05, 4.69) is 58.3 Å². The highest BCUT2D eigenvalue weighted by Gasteiger charge is 2.31. The number of unbranched alkanes of at least 4 members (excludes halogenated alkanes) is 1. The van der Waals surface area contributed by atoms with E-state index >= 15 is 0 Å². The monoisotopic (exact) mass is 1000 g/mol. The van der Waals surface area contributed by atoms with Crippen LogP contribution in [0.3, 0.4) is 0 Å². The van der Waals surface area contributed by atoms with Gasteiger partial charge in [-0.3, -0.25) is 30.8 Å². The summed E-state index contributed by atoms with van der Waals surface area (Å²) in [6.45, 7) is 4.91. The maximum atomic E-state index is 14.3. The van der Waals surface area contributed by atoms with Crippen molar-refractivity contribution in [2.24, 2.45) is 17.4 Å². The van der Waals surface area contributed by atoms with E-state index in [1.54, 1.807) is 0 Å². The van der Waals surface area contributed by atoms with Gasteiger partial charge >= 0.3 is 11.9 Å². The van der Waals surface area contributed by atoms with Crippen LogP contribution in [0.5, 0.6) is 11.5 Å². The fraction of sp³-hybridized carbons (Fsp3) is 0.304. The van der Waals surface area contributed by atoms with Gasteiger partial charge in [-0.2, -0.15) is 0 Å². The molecule has 6 rings (SSSR count). The molecule has 0 heterocycles. The lowest BCUT2D eigenvalue weighted by Gasteiger charge is -2.23. The number of rotatable bonds is 28. The van der Waals surface area contributed by atoms with E-state index in [4.69, 9.17) is 25.7 Å². The Morgan fingerprint density at radius 3 is 1.86 bits per heavy atom. The number of benzene rings is 6. The first-order valence-electron chi connectivity index (χ1n) is 23.8. The van der Waals surface area contributed by atoms with E-state index in [1.165, 1.54) is 11.6 Å². The minimum atomic E-state index is -1.02. The van der Waals surface area contributed by atoms with Crippen molar-refractivity contribution in [1.29, 1.82) is 0 Å². The number of quaternary nitrogens is 1. The van der Waals surface area contributed by atoms with Gasteiger partial charge in [0.1, 0.15) is 24.1 Å². The van der Waals surface area contributed by atoms with Gasteiger partial charge in [0, 0.05) is 23.5 Å². The second kappa shape index (κ2) is 30.0. The summed E-state index contributed by atoms with van der Waals surface area (Å²) in [5, 5.41) is 9.66. The number of aryl methyl sites for hydroxylation is 1. The summed E-state index contributed by atoms with van der Waals surface area (Å²) in [5.74, 6) is -1.59. The van der Waals surface area contributed by atoms with Crippen LogP contribution in [0.15, 0.2) is 146 Å². The van der Waals surface area contributed by atoms with Crippen LogP contribution in [0.1, 0.15) is 62.5 Å². The Morgan fingerprint density at radius 2 is 1.25 bits per heavy atom. The number of nitrogens with one attached hydrogen (secondary N) is 3. The predicted molar refractivity (Wildman–Crippen MR) is 271 cm³/mol. The highest BCUT2D eigenvalue weighted by Crippen LogP contribution is 2.45. The van der Waals surface area contributed by atoms with E-state index < -0.39 is 35.8 Å². The zero-order chi connectivity index (χ0) is 48.8. The second-order valence-electron chi connectivity index (χ2n) is 17.1. The molecule has 15 heteroatoms. The van der Waals surface area contributed by atoms with Gasteiger partial charge in [-0.1, -0.05) is 127 Å². The molecule has 0 fully saturated rings. The number of ketones is 1. The summed E-state index contributed by atoms with van der Waals surface area (Å²) in [4.78, 5) is 58.4. The molecule has 3 atom stereocenters. The van der Waals surface area contributed by atoms with Gasteiger partial charge in [-0.05, 0) is 96.2 Å². The molecule has 10 N–H and O–H groups in total. The van der Waals surface area contributed by atoms with Gasteiger partial charge < -0.3 is 55.4 Å². The summed E-state index contributed by atoms with van der Waals surface area (Å²) in [7, 11) is 0. The van der Waals surface area contributed by atoms with Gasteiger partial charge in [0.2, 0.25) is 5.91 Å². The summed E-state index contributed by atoms with van der Waals surface area (Å²) in [6, 6.07) is 41.6. The van der Waals surface area contributed by atoms with Crippen molar-refractivity contribution in [3.63, 3.8) is 0 Å². The number of fused-ring (bicyclic) bond motifs is 2. The molecular weight excluding hydrogens is 940 g/mol. The van der Waals surface area contributed by atoms with Crippen molar-refractivity contribution in [2.45, 2.75) is 76.5 Å². The molecule has 6 aromatic carbocycles. The van der Waals surface area contributed by atoms with Crippen LogP contribution >= 0.6 is 0 Å². The molecular formula is C56H66Cl2N6O7. The van der Waals surface area contributed by atoms with Crippen LogP contribution in [0, 0.1) is 5.92 Å². The molecule has 0 unspecified atom stereocenters. The van der Waals surface area contributed by atoms with Gasteiger partial charge in [-0.15, -0.1) is 6.58 Å². The Morgan fingerprint density at radius 1 is 0.662 bits per heavy atom. The maximum Gasteiger partial charge on any atom is 0.338 e. The average Bonchev–Trinajstić information content (AvgIpc) is 3.37. The Bertz CT molecular complexity index is 2680. The lowest BCUT2D eigenvalue weighted by atomic mass is 9.91. The van der Waals surface area contributed by atoms with Crippen LogP contribution < -0.4 is 67.1 Å². The topological polar surface area (TPSA) is 214 Å². The normalized spacial score (nSPS) is 12.0. The van der Waals surface area contributed by atoms with E-state index in [0.29, 0.717) is 50.5 Å². The first-order valence-corrected chi connectivity index (χ1v) is 23.8. The number of esters is 1. The highest BCUT2D eigenvalue weighted by atomic mass is 35.5. The third-order valence-electron chi connectivity index (χ3n) is 11.9. The molecule has 2 amide bonds. The number of ether oxygens (including phenoxy) is 3. The first kappa shape index (κ1) is 56.7. The van der Waals surface area contributed by atoms with Crippen molar-refractivity contribution >= 4 is 51.1 Å². The molecule has 6 aromatic rings. The smallest absolute Gasteiger partial charge is 0.338 e. The van der Waals surface area contributed by atoms with Crippen molar-refractivity contribution in [3.05, 3.63) is 157 Å². The number of Topliss-reactive ketones (excluding diaryl/α,β-unsaturated/α-hetero) is 1. The number of hydrogen-bond acceptors (Lipinski definition) is 7.